The molecule has 0 unspecified atom stereocenters. The Kier molecular flexibility index (Phi) is 3.86. The van der Waals surface area contributed by atoms with Crippen LogP contribution in [-0.2, 0) is 5.41 Å². The van der Waals surface area contributed by atoms with E-state index in [9.17, 15) is 0 Å². The van der Waals surface area contributed by atoms with E-state index >= 15 is 0 Å². The minimum atomic E-state index is -0.0665. The number of nitrogen functional groups attached to an aromatic ring is 1. The third-order valence-electron chi connectivity index (χ3n) is 3.22. The van der Waals surface area contributed by atoms with Gasteiger partial charge in [0.1, 0.15) is 17.5 Å². The van der Waals surface area contributed by atoms with Gasteiger partial charge in [0.25, 0.3) is 0 Å². The Morgan fingerprint density at radius 2 is 1.95 bits per heavy atom. The summed E-state index contributed by atoms with van der Waals surface area (Å²) in [6.07, 6.45) is 1.52. The molecule has 0 atom stereocenters. The fraction of sp³-hybridized carbons (Fsp3) is 0.294. The van der Waals surface area contributed by atoms with Gasteiger partial charge in [-0.05, 0) is 24.5 Å². The molecule has 108 valence electrons. The van der Waals surface area contributed by atoms with Crippen molar-refractivity contribution in [1.29, 1.82) is 5.26 Å². The Hall–Kier alpha value is -2.54. The number of anilines is 1. The topological polar surface area (TPSA) is 71.9 Å². The van der Waals surface area contributed by atoms with E-state index in [-0.39, 0.29) is 17.0 Å². The third kappa shape index (κ3) is 3.14. The number of hydrogen-bond donors (Lipinski definition) is 1. The standard InChI is InChI=1S/C17H19N3O/c1-11-5-6-14(13(9-11)17(2,3)4)21-16-15(19)12(10-18)7-8-20-16/h5-9H,19H2,1-4H3. The molecular formula is C17H19N3O. The van der Waals surface area contributed by atoms with Crippen LogP contribution in [0.25, 0.3) is 0 Å². The lowest BCUT2D eigenvalue weighted by Crippen LogP contribution is -2.13. The Bertz CT molecular complexity index is 709. The molecule has 1 aromatic heterocycles. The highest BCUT2D eigenvalue weighted by Crippen LogP contribution is 2.36. The summed E-state index contributed by atoms with van der Waals surface area (Å²) < 4.78 is 5.88. The number of aryl methyl sites for hydroxylation is 1. The van der Waals surface area contributed by atoms with Gasteiger partial charge in [-0.25, -0.2) is 4.98 Å². The van der Waals surface area contributed by atoms with Crippen LogP contribution in [0.15, 0.2) is 30.5 Å². The second-order valence-electron chi connectivity index (χ2n) is 6.04. The second-order valence-corrected chi connectivity index (χ2v) is 6.04. The number of aromatic nitrogens is 1. The monoisotopic (exact) mass is 281 g/mol. The summed E-state index contributed by atoms with van der Waals surface area (Å²) in [6, 6.07) is 9.59. The van der Waals surface area contributed by atoms with Crippen LogP contribution in [0.5, 0.6) is 11.6 Å². The largest absolute Gasteiger partial charge is 0.437 e. The molecule has 1 aromatic carbocycles. The Morgan fingerprint density at radius 1 is 1.24 bits per heavy atom. The van der Waals surface area contributed by atoms with Gasteiger partial charge < -0.3 is 10.5 Å². The molecule has 0 spiro atoms. The molecule has 0 aliphatic rings. The molecule has 4 nitrogen and oxygen atoms in total. The van der Waals surface area contributed by atoms with E-state index in [1.54, 1.807) is 6.07 Å². The average Bonchev–Trinajstić information content (AvgIpc) is 2.42. The van der Waals surface area contributed by atoms with Crippen molar-refractivity contribution >= 4 is 5.69 Å². The number of nitrogens with two attached hydrogens (primary N) is 1. The van der Waals surface area contributed by atoms with Gasteiger partial charge in [-0.15, -0.1) is 0 Å². The number of nitrogens with zero attached hydrogens (tertiary/aromatic N) is 2. The summed E-state index contributed by atoms with van der Waals surface area (Å²) >= 11 is 0. The highest BCUT2D eigenvalue weighted by molar-refractivity contribution is 5.61. The van der Waals surface area contributed by atoms with Crippen LogP contribution in [0, 0.1) is 18.3 Å². The fourth-order valence-corrected chi connectivity index (χ4v) is 2.06. The van der Waals surface area contributed by atoms with Crippen LogP contribution in [0.4, 0.5) is 5.69 Å². The molecule has 4 heteroatoms. The van der Waals surface area contributed by atoms with E-state index < -0.39 is 0 Å². The van der Waals surface area contributed by atoms with Gasteiger partial charge >= 0.3 is 0 Å². The van der Waals surface area contributed by atoms with Crippen molar-refractivity contribution in [2.45, 2.75) is 33.1 Å². The van der Waals surface area contributed by atoms with E-state index in [0.717, 1.165) is 5.56 Å². The molecule has 2 N–H and O–H groups in total. The lowest BCUT2D eigenvalue weighted by Gasteiger charge is -2.23. The molecule has 0 amide bonds. The molecule has 2 aromatic rings. The molecule has 0 saturated heterocycles. The molecule has 0 bridgehead atoms. The lowest BCUT2D eigenvalue weighted by molar-refractivity contribution is 0.441. The molecule has 0 aliphatic heterocycles. The average molecular weight is 281 g/mol. The van der Waals surface area contributed by atoms with Crippen molar-refractivity contribution in [3.63, 3.8) is 0 Å². The number of hydrogen-bond acceptors (Lipinski definition) is 4. The number of benzene rings is 1. The third-order valence-corrected chi connectivity index (χ3v) is 3.22. The Labute approximate surface area is 125 Å². The van der Waals surface area contributed by atoms with E-state index in [4.69, 9.17) is 15.7 Å². The fourth-order valence-electron chi connectivity index (χ4n) is 2.06. The summed E-state index contributed by atoms with van der Waals surface area (Å²) in [4.78, 5) is 4.13. The smallest absolute Gasteiger partial charge is 0.244 e. The maximum atomic E-state index is 9.02. The van der Waals surface area contributed by atoms with Gasteiger partial charge in [-0.2, -0.15) is 5.26 Å². The first-order chi connectivity index (χ1) is 9.82. The van der Waals surface area contributed by atoms with Crippen molar-refractivity contribution < 1.29 is 4.74 Å². The number of nitriles is 1. The quantitative estimate of drug-likeness (QED) is 0.905. The SMILES string of the molecule is Cc1ccc(Oc2nccc(C#N)c2N)c(C(C)(C)C)c1. The van der Waals surface area contributed by atoms with Crippen molar-refractivity contribution in [3.05, 3.63) is 47.2 Å². The zero-order valence-electron chi connectivity index (χ0n) is 12.8. The van der Waals surface area contributed by atoms with E-state index in [0.29, 0.717) is 11.3 Å². The van der Waals surface area contributed by atoms with Gasteiger partial charge in [0.2, 0.25) is 5.88 Å². The van der Waals surface area contributed by atoms with Gasteiger partial charge in [-0.1, -0.05) is 38.5 Å². The van der Waals surface area contributed by atoms with E-state index in [2.05, 4.69) is 31.8 Å². The van der Waals surface area contributed by atoms with Crippen LogP contribution in [-0.4, -0.2) is 4.98 Å². The summed E-state index contributed by atoms with van der Waals surface area (Å²) in [7, 11) is 0. The van der Waals surface area contributed by atoms with Crippen molar-refractivity contribution in [2.75, 3.05) is 5.73 Å². The molecular weight excluding hydrogens is 262 g/mol. The van der Waals surface area contributed by atoms with Gasteiger partial charge in [0, 0.05) is 11.8 Å². The number of pyridine rings is 1. The zero-order valence-corrected chi connectivity index (χ0v) is 12.8. The molecule has 0 saturated carbocycles. The maximum absolute atomic E-state index is 9.02. The van der Waals surface area contributed by atoms with Crippen LogP contribution in [0.2, 0.25) is 0 Å². The number of rotatable bonds is 2. The van der Waals surface area contributed by atoms with Gasteiger partial charge in [0.15, 0.2) is 0 Å². The summed E-state index contributed by atoms with van der Waals surface area (Å²) in [6.45, 7) is 8.41. The van der Waals surface area contributed by atoms with E-state index in [1.807, 2.05) is 25.1 Å². The molecule has 21 heavy (non-hydrogen) atoms. The minimum Gasteiger partial charge on any atom is -0.437 e. The highest BCUT2D eigenvalue weighted by Gasteiger charge is 2.20. The van der Waals surface area contributed by atoms with Gasteiger partial charge in [-0.3, -0.25) is 0 Å². The molecule has 0 aliphatic carbocycles. The number of ether oxygens (including phenoxy) is 1. The molecule has 0 radical (unpaired) electrons. The highest BCUT2D eigenvalue weighted by atomic mass is 16.5. The summed E-state index contributed by atoms with van der Waals surface area (Å²) in [5.41, 5.74) is 8.72. The van der Waals surface area contributed by atoms with Crippen molar-refractivity contribution in [2.24, 2.45) is 0 Å². The minimum absolute atomic E-state index is 0.0665. The normalized spacial score (nSPS) is 11.0. The predicted octanol–water partition coefficient (Wildman–Crippen LogP) is 3.93. The maximum Gasteiger partial charge on any atom is 0.244 e. The second kappa shape index (κ2) is 5.45. The first-order valence-electron chi connectivity index (χ1n) is 6.76. The van der Waals surface area contributed by atoms with Crippen molar-refractivity contribution in [3.8, 4) is 17.7 Å². The van der Waals surface area contributed by atoms with Crippen molar-refractivity contribution in [1.82, 2.24) is 4.98 Å². The molecule has 0 fully saturated rings. The predicted molar refractivity (Wildman–Crippen MR) is 83.3 cm³/mol. The van der Waals surface area contributed by atoms with Crippen LogP contribution >= 0.6 is 0 Å². The Balaban J connectivity index is 2.48. The molecule has 1 heterocycles. The zero-order chi connectivity index (χ0) is 15.6. The first-order valence-corrected chi connectivity index (χ1v) is 6.76. The van der Waals surface area contributed by atoms with E-state index in [1.165, 1.54) is 11.8 Å². The van der Waals surface area contributed by atoms with Crippen LogP contribution in [0.1, 0.15) is 37.5 Å². The lowest BCUT2D eigenvalue weighted by atomic mass is 9.85. The first kappa shape index (κ1) is 14.9. The summed E-state index contributed by atoms with van der Waals surface area (Å²) in [5.74, 6) is 0.978. The van der Waals surface area contributed by atoms with Crippen LogP contribution in [0.3, 0.4) is 0 Å². The van der Waals surface area contributed by atoms with Crippen LogP contribution < -0.4 is 10.5 Å². The molecule has 2 rings (SSSR count). The Morgan fingerprint density at radius 3 is 2.57 bits per heavy atom. The summed E-state index contributed by atoms with van der Waals surface area (Å²) in [5, 5.41) is 9.02. The van der Waals surface area contributed by atoms with Gasteiger partial charge in [0.05, 0.1) is 5.56 Å².